The number of Topliss-reactive ketones (excluding diaryl/α,β-unsaturated/α-hetero) is 1. The summed E-state index contributed by atoms with van der Waals surface area (Å²) in [6.07, 6.45) is 7.71. The van der Waals surface area contributed by atoms with E-state index in [0.29, 0.717) is 24.7 Å². The van der Waals surface area contributed by atoms with Crippen molar-refractivity contribution in [3.8, 4) is 0 Å². The molecule has 3 atom stereocenters. The highest BCUT2D eigenvalue weighted by atomic mass is 16.5. The van der Waals surface area contributed by atoms with Crippen molar-refractivity contribution in [2.45, 2.75) is 45.4 Å². The molecule has 1 unspecified atom stereocenters. The second kappa shape index (κ2) is 4.22. The Balaban J connectivity index is 1.82. The van der Waals surface area contributed by atoms with Crippen LogP contribution in [0.4, 0.5) is 0 Å². The van der Waals surface area contributed by atoms with Gasteiger partial charge < -0.3 is 4.74 Å². The van der Waals surface area contributed by atoms with Crippen molar-refractivity contribution < 1.29 is 14.3 Å². The molecule has 18 heavy (non-hydrogen) atoms. The van der Waals surface area contributed by atoms with Gasteiger partial charge in [-0.15, -0.1) is 0 Å². The van der Waals surface area contributed by atoms with Crippen LogP contribution >= 0.6 is 0 Å². The van der Waals surface area contributed by atoms with E-state index in [1.807, 2.05) is 13.0 Å². The van der Waals surface area contributed by atoms with E-state index in [9.17, 15) is 9.59 Å². The van der Waals surface area contributed by atoms with Gasteiger partial charge >= 0.3 is 5.97 Å². The fraction of sp³-hybridized carbons (Fsp3) is 0.733. The maximum Gasteiger partial charge on any atom is 0.333 e. The third-order valence-electron chi connectivity index (χ3n) is 5.10. The second-order valence-corrected chi connectivity index (χ2v) is 5.89. The first-order valence-electron chi connectivity index (χ1n) is 7.08. The van der Waals surface area contributed by atoms with Crippen LogP contribution in [0.3, 0.4) is 0 Å². The van der Waals surface area contributed by atoms with Crippen LogP contribution in [-0.4, -0.2) is 18.4 Å². The standard InChI is InChI=1S/C15H20O3/c1-2-18-14(17)11-4-3-7-15(9-11)12-6-5-10(8-12)13(15)16/h4,10,12H,2-3,5-9H2,1H3/t10-,12+,15?/m1/s1. The van der Waals surface area contributed by atoms with Crippen LogP contribution in [0, 0.1) is 17.3 Å². The smallest absolute Gasteiger partial charge is 0.333 e. The normalized spacial score (nSPS) is 38.1. The molecule has 3 nitrogen and oxygen atoms in total. The van der Waals surface area contributed by atoms with Crippen LogP contribution in [0.1, 0.15) is 45.4 Å². The Morgan fingerprint density at radius 3 is 3.00 bits per heavy atom. The van der Waals surface area contributed by atoms with E-state index in [0.717, 1.165) is 31.3 Å². The van der Waals surface area contributed by atoms with Gasteiger partial charge in [0.15, 0.2) is 0 Å². The molecule has 0 saturated heterocycles. The third kappa shape index (κ3) is 1.56. The summed E-state index contributed by atoms with van der Waals surface area (Å²) in [4.78, 5) is 24.3. The molecule has 0 radical (unpaired) electrons. The summed E-state index contributed by atoms with van der Waals surface area (Å²) in [5.74, 6) is 1.03. The molecule has 0 amide bonds. The van der Waals surface area contributed by atoms with E-state index in [1.165, 1.54) is 6.42 Å². The van der Waals surface area contributed by atoms with E-state index in [1.54, 1.807) is 0 Å². The van der Waals surface area contributed by atoms with Gasteiger partial charge in [-0.25, -0.2) is 4.79 Å². The van der Waals surface area contributed by atoms with E-state index < -0.39 is 0 Å². The van der Waals surface area contributed by atoms with E-state index >= 15 is 0 Å². The summed E-state index contributed by atoms with van der Waals surface area (Å²) < 4.78 is 5.08. The summed E-state index contributed by atoms with van der Waals surface area (Å²) in [7, 11) is 0. The van der Waals surface area contributed by atoms with Crippen LogP contribution in [0.15, 0.2) is 11.6 Å². The minimum atomic E-state index is -0.216. The molecular formula is C15H20O3. The fourth-order valence-corrected chi connectivity index (χ4v) is 4.27. The molecule has 1 spiro atoms. The molecule has 3 heteroatoms. The predicted molar refractivity (Wildman–Crippen MR) is 66.8 cm³/mol. The minimum Gasteiger partial charge on any atom is -0.463 e. The van der Waals surface area contributed by atoms with Gasteiger partial charge in [-0.3, -0.25) is 4.79 Å². The monoisotopic (exact) mass is 248 g/mol. The number of hydrogen-bond acceptors (Lipinski definition) is 3. The van der Waals surface area contributed by atoms with Crippen molar-refractivity contribution >= 4 is 11.8 Å². The van der Waals surface area contributed by atoms with Crippen molar-refractivity contribution in [2.24, 2.45) is 17.3 Å². The first kappa shape index (κ1) is 11.9. The van der Waals surface area contributed by atoms with Gasteiger partial charge in [-0.05, 0) is 51.4 Å². The molecular weight excluding hydrogens is 228 g/mol. The van der Waals surface area contributed by atoms with Crippen LogP contribution in [0.5, 0.6) is 0 Å². The van der Waals surface area contributed by atoms with Crippen LogP contribution in [-0.2, 0) is 14.3 Å². The molecule has 0 aromatic rings. The number of carbonyl (C=O) groups excluding carboxylic acids is 2. The first-order chi connectivity index (χ1) is 8.67. The topological polar surface area (TPSA) is 43.4 Å². The minimum absolute atomic E-state index is 0.209. The zero-order valence-electron chi connectivity index (χ0n) is 10.9. The van der Waals surface area contributed by atoms with Crippen molar-refractivity contribution in [1.82, 2.24) is 0 Å². The Bertz CT molecular complexity index is 423. The van der Waals surface area contributed by atoms with Crippen molar-refractivity contribution in [1.29, 1.82) is 0 Å². The quantitative estimate of drug-likeness (QED) is 0.706. The van der Waals surface area contributed by atoms with Crippen molar-refractivity contribution in [3.05, 3.63) is 11.6 Å². The molecule has 0 aromatic heterocycles. The SMILES string of the molecule is CCOC(=O)C1=CCCC2(C1)C(=O)[C@@H]1CC[C@H]2C1. The Morgan fingerprint density at radius 1 is 1.50 bits per heavy atom. The van der Waals surface area contributed by atoms with Gasteiger partial charge in [0.1, 0.15) is 5.78 Å². The lowest BCUT2D eigenvalue weighted by atomic mass is 9.64. The number of fused-ring (bicyclic) bond motifs is 3. The van der Waals surface area contributed by atoms with Crippen LogP contribution < -0.4 is 0 Å². The predicted octanol–water partition coefficient (Wildman–Crippen LogP) is 2.65. The lowest BCUT2D eigenvalue weighted by molar-refractivity contribution is -0.140. The zero-order valence-corrected chi connectivity index (χ0v) is 10.9. The Labute approximate surface area is 108 Å². The molecule has 98 valence electrons. The highest BCUT2D eigenvalue weighted by Gasteiger charge is 2.58. The number of allylic oxidation sites excluding steroid dienone is 1. The number of hydrogen-bond donors (Lipinski definition) is 0. The molecule has 0 N–H and O–H groups in total. The maximum atomic E-state index is 12.5. The van der Waals surface area contributed by atoms with E-state index in [4.69, 9.17) is 4.74 Å². The highest BCUT2D eigenvalue weighted by Crippen LogP contribution is 2.59. The average molecular weight is 248 g/mol. The number of esters is 1. The summed E-state index contributed by atoms with van der Waals surface area (Å²) in [5.41, 5.74) is 0.531. The molecule has 2 fully saturated rings. The first-order valence-corrected chi connectivity index (χ1v) is 7.08. The summed E-state index contributed by atoms with van der Waals surface area (Å²) in [5, 5.41) is 0. The molecule has 2 bridgehead atoms. The number of rotatable bonds is 2. The Hall–Kier alpha value is -1.12. The van der Waals surface area contributed by atoms with Crippen molar-refractivity contribution in [2.75, 3.05) is 6.61 Å². The van der Waals surface area contributed by atoms with Gasteiger partial charge in [0.2, 0.25) is 0 Å². The Kier molecular flexibility index (Phi) is 2.80. The molecule has 2 saturated carbocycles. The summed E-state index contributed by atoms with van der Waals surface area (Å²) >= 11 is 0. The van der Waals surface area contributed by atoms with Gasteiger partial charge in [-0.1, -0.05) is 6.08 Å². The number of ketones is 1. The molecule has 3 rings (SSSR count). The largest absolute Gasteiger partial charge is 0.463 e. The van der Waals surface area contributed by atoms with Gasteiger partial charge in [0.05, 0.1) is 6.61 Å². The average Bonchev–Trinajstić information content (AvgIpc) is 2.94. The van der Waals surface area contributed by atoms with Gasteiger partial charge in [0.25, 0.3) is 0 Å². The third-order valence-corrected chi connectivity index (χ3v) is 5.10. The van der Waals surface area contributed by atoms with Gasteiger partial charge in [0, 0.05) is 16.9 Å². The highest BCUT2D eigenvalue weighted by molar-refractivity contribution is 5.95. The van der Waals surface area contributed by atoms with Gasteiger partial charge in [-0.2, -0.15) is 0 Å². The number of ether oxygens (including phenoxy) is 1. The van der Waals surface area contributed by atoms with Crippen LogP contribution in [0.25, 0.3) is 0 Å². The molecule has 3 aliphatic carbocycles. The van der Waals surface area contributed by atoms with E-state index in [-0.39, 0.29) is 17.3 Å². The van der Waals surface area contributed by atoms with Crippen LogP contribution in [0.2, 0.25) is 0 Å². The Morgan fingerprint density at radius 2 is 2.33 bits per heavy atom. The molecule has 0 heterocycles. The summed E-state index contributed by atoms with van der Waals surface area (Å²) in [6.45, 7) is 2.23. The fourth-order valence-electron chi connectivity index (χ4n) is 4.27. The summed E-state index contributed by atoms with van der Waals surface area (Å²) in [6, 6.07) is 0. The van der Waals surface area contributed by atoms with E-state index in [2.05, 4.69) is 0 Å². The molecule has 0 aliphatic heterocycles. The lowest BCUT2D eigenvalue weighted by Gasteiger charge is -2.38. The maximum absolute atomic E-state index is 12.5. The van der Waals surface area contributed by atoms with Crippen molar-refractivity contribution in [3.63, 3.8) is 0 Å². The second-order valence-electron chi connectivity index (χ2n) is 5.89. The lowest BCUT2D eigenvalue weighted by Crippen LogP contribution is -2.39. The molecule has 0 aromatic carbocycles. The number of carbonyl (C=O) groups is 2. The molecule has 3 aliphatic rings. The zero-order chi connectivity index (χ0) is 12.8.